The molecule has 4 N–H and O–H groups in total. The van der Waals surface area contributed by atoms with Crippen LogP contribution in [-0.4, -0.2) is 21.1 Å². The number of nitrogen functional groups attached to an aromatic ring is 1. The van der Waals surface area contributed by atoms with Gasteiger partial charge in [0.25, 0.3) is 5.91 Å². The van der Waals surface area contributed by atoms with Crippen LogP contribution in [0.3, 0.4) is 0 Å². The molecule has 0 fully saturated rings. The molecule has 0 unspecified atom stereocenters. The van der Waals surface area contributed by atoms with Crippen molar-refractivity contribution < 1.29 is 4.79 Å². The number of nitrogens with two attached hydrogens (primary N) is 1. The number of carbonyl (C=O) groups excluding carboxylic acids is 1. The van der Waals surface area contributed by atoms with Gasteiger partial charge < -0.3 is 11.1 Å². The predicted octanol–water partition coefficient (Wildman–Crippen LogP) is 2.31. The molecule has 0 radical (unpaired) electrons. The highest BCUT2D eigenvalue weighted by molar-refractivity contribution is 6.01. The molecule has 0 aliphatic rings. The Morgan fingerprint density at radius 1 is 1.00 bits per heavy atom. The van der Waals surface area contributed by atoms with Crippen LogP contribution in [0.2, 0.25) is 0 Å². The van der Waals surface area contributed by atoms with Gasteiger partial charge >= 0.3 is 0 Å². The topological polar surface area (TPSA) is 96.7 Å². The zero-order valence-corrected chi connectivity index (χ0v) is 11.1. The molecule has 0 aliphatic heterocycles. The van der Waals surface area contributed by atoms with E-state index in [1.54, 1.807) is 0 Å². The third-order valence-electron chi connectivity index (χ3n) is 3.02. The van der Waals surface area contributed by atoms with Crippen LogP contribution in [0.4, 0.5) is 11.4 Å². The van der Waals surface area contributed by atoms with Gasteiger partial charge in [-0.2, -0.15) is 5.10 Å². The third kappa shape index (κ3) is 2.89. The number of rotatable bonds is 3. The molecule has 0 atom stereocenters. The van der Waals surface area contributed by atoms with Crippen LogP contribution in [0, 0.1) is 0 Å². The maximum atomic E-state index is 11.8. The van der Waals surface area contributed by atoms with Crippen LogP contribution in [0.15, 0.2) is 54.9 Å². The Kier molecular flexibility index (Phi) is 3.34. The van der Waals surface area contributed by atoms with Crippen molar-refractivity contribution in [2.75, 3.05) is 11.1 Å². The van der Waals surface area contributed by atoms with Gasteiger partial charge in [0.05, 0.1) is 0 Å². The maximum Gasteiger partial charge on any atom is 0.292 e. The molecule has 2 aromatic carbocycles. The molecule has 0 saturated heterocycles. The molecular weight excluding hydrogens is 266 g/mol. The second-order valence-electron chi connectivity index (χ2n) is 4.49. The van der Waals surface area contributed by atoms with Crippen molar-refractivity contribution in [3.63, 3.8) is 0 Å². The molecule has 0 spiro atoms. The van der Waals surface area contributed by atoms with E-state index in [4.69, 9.17) is 5.73 Å². The van der Waals surface area contributed by atoms with Crippen molar-refractivity contribution in [1.82, 2.24) is 15.2 Å². The number of nitrogens with zero attached hydrogens (tertiary/aromatic N) is 2. The van der Waals surface area contributed by atoms with E-state index in [0.717, 1.165) is 16.8 Å². The molecule has 1 heterocycles. The van der Waals surface area contributed by atoms with Crippen molar-refractivity contribution in [3.8, 4) is 11.1 Å². The number of hydrogen-bond acceptors (Lipinski definition) is 4. The van der Waals surface area contributed by atoms with Gasteiger partial charge in [-0.05, 0) is 35.4 Å². The largest absolute Gasteiger partial charge is 0.399 e. The lowest BCUT2D eigenvalue weighted by Crippen LogP contribution is -2.13. The summed E-state index contributed by atoms with van der Waals surface area (Å²) in [7, 11) is 0. The highest BCUT2D eigenvalue weighted by Crippen LogP contribution is 2.22. The molecule has 1 aromatic heterocycles. The van der Waals surface area contributed by atoms with Crippen LogP contribution in [0.5, 0.6) is 0 Å². The average molecular weight is 279 g/mol. The van der Waals surface area contributed by atoms with Crippen LogP contribution in [0.25, 0.3) is 11.1 Å². The van der Waals surface area contributed by atoms with Gasteiger partial charge in [0, 0.05) is 11.4 Å². The zero-order chi connectivity index (χ0) is 14.7. The number of amides is 1. The molecule has 104 valence electrons. The smallest absolute Gasteiger partial charge is 0.292 e. The first-order chi connectivity index (χ1) is 10.2. The molecule has 3 aromatic rings. The minimum absolute atomic E-state index is 0.178. The number of aromatic amines is 1. The van der Waals surface area contributed by atoms with Crippen molar-refractivity contribution >= 4 is 17.3 Å². The fourth-order valence-corrected chi connectivity index (χ4v) is 1.93. The van der Waals surface area contributed by atoms with Gasteiger partial charge in [-0.1, -0.05) is 24.3 Å². The molecule has 0 bridgehead atoms. The maximum absolute atomic E-state index is 11.8. The predicted molar refractivity (Wildman–Crippen MR) is 80.6 cm³/mol. The summed E-state index contributed by atoms with van der Waals surface area (Å²) >= 11 is 0. The van der Waals surface area contributed by atoms with Gasteiger partial charge in [0.15, 0.2) is 0 Å². The van der Waals surface area contributed by atoms with Gasteiger partial charge in [-0.3, -0.25) is 9.89 Å². The minimum atomic E-state index is -0.326. The first-order valence-electron chi connectivity index (χ1n) is 6.35. The summed E-state index contributed by atoms with van der Waals surface area (Å²) in [4.78, 5) is 15.6. The standard InChI is InChI=1S/C15H13N5O/c16-12-5-1-10(2-6-12)11-3-7-13(8-4-11)19-15(21)14-17-9-18-20-14/h1-9H,16H2,(H,19,21)(H,17,18,20). The Morgan fingerprint density at radius 2 is 1.62 bits per heavy atom. The number of benzene rings is 2. The van der Waals surface area contributed by atoms with Crippen LogP contribution < -0.4 is 11.1 Å². The molecule has 0 aliphatic carbocycles. The van der Waals surface area contributed by atoms with E-state index >= 15 is 0 Å². The summed E-state index contributed by atoms with van der Waals surface area (Å²) < 4.78 is 0. The lowest BCUT2D eigenvalue weighted by Gasteiger charge is -2.06. The van der Waals surface area contributed by atoms with Crippen LogP contribution in [0.1, 0.15) is 10.6 Å². The summed E-state index contributed by atoms with van der Waals surface area (Å²) in [6.45, 7) is 0. The SMILES string of the molecule is Nc1ccc(-c2ccc(NC(=O)c3ncn[nH]3)cc2)cc1. The minimum Gasteiger partial charge on any atom is -0.399 e. The summed E-state index contributed by atoms with van der Waals surface area (Å²) in [5.41, 5.74) is 9.21. The molecule has 1 amide bonds. The normalized spacial score (nSPS) is 10.3. The Bertz CT molecular complexity index is 733. The van der Waals surface area contributed by atoms with Gasteiger partial charge in [-0.25, -0.2) is 4.98 Å². The lowest BCUT2D eigenvalue weighted by molar-refractivity contribution is 0.101. The van der Waals surface area contributed by atoms with Crippen molar-refractivity contribution in [1.29, 1.82) is 0 Å². The van der Waals surface area contributed by atoms with E-state index < -0.39 is 0 Å². The van der Waals surface area contributed by atoms with E-state index in [1.807, 2.05) is 48.5 Å². The number of hydrogen-bond donors (Lipinski definition) is 3. The van der Waals surface area contributed by atoms with Gasteiger partial charge in [0.1, 0.15) is 6.33 Å². The number of H-pyrrole nitrogens is 1. The van der Waals surface area contributed by atoms with Crippen LogP contribution >= 0.6 is 0 Å². The highest BCUT2D eigenvalue weighted by atomic mass is 16.2. The third-order valence-corrected chi connectivity index (χ3v) is 3.02. The molecule has 6 heteroatoms. The Hall–Kier alpha value is -3.15. The molecule has 21 heavy (non-hydrogen) atoms. The zero-order valence-electron chi connectivity index (χ0n) is 11.1. The summed E-state index contributed by atoms with van der Waals surface area (Å²) in [5, 5.41) is 8.89. The van der Waals surface area contributed by atoms with E-state index in [0.29, 0.717) is 5.69 Å². The monoisotopic (exact) mass is 279 g/mol. The number of aromatic nitrogens is 3. The quantitative estimate of drug-likeness (QED) is 0.641. The number of anilines is 2. The Balaban J connectivity index is 1.75. The number of nitrogens with one attached hydrogen (secondary N) is 2. The van der Waals surface area contributed by atoms with Crippen molar-refractivity contribution in [3.05, 3.63) is 60.7 Å². The second kappa shape index (κ2) is 5.46. The second-order valence-corrected chi connectivity index (χ2v) is 4.49. The summed E-state index contributed by atoms with van der Waals surface area (Å²) in [5.74, 6) is -0.148. The molecule has 3 rings (SSSR count). The Labute approximate surface area is 121 Å². The lowest BCUT2D eigenvalue weighted by atomic mass is 10.1. The molecule has 0 saturated carbocycles. The fraction of sp³-hybridized carbons (Fsp3) is 0. The fourth-order valence-electron chi connectivity index (χ4n) is 1.93. The van der Waals surface area contributed by atoms with E-state index in [9.17, 15) is 4.79 Å². The average Bonchev–Trinajstić information content (AvgIpc) is 3.03. The first kappa shape index (κ1) is 12.9. The first-order valence-corrected chi connectivity index (χ1v) is 6.35. The van der Waals surface area contributed by atoms with E-state index in [-0.39, 0.29) is 11.7 Å². The van der Waals surface area contributed by atoms with Crippen molar-refractivity contribution in [2.45, 2.75) is 0 Å². The van der Waals surface area contributed by atoms with Gasteiger partial charge in [-0.15, -0.1) is 0 Å². The van der Waals surface area contributed by atoms with E-state index in [1.165, 1.54) is 6.33 Å². The van der Waals surface area contributed by atoms with E-state index in [2.05, 4.69) is 20.5 Å². The Morgan fingerprint density at radius 3 is 2.19 bits per heavy atom. The summed E-state index contributed by atoms with van der Waals surface area (Å²) in [6.07, 6.45) is 1.29. The molecule has 6 nitrogen and oxygen atoms in total. The highest BCUT2D eigenvalue weighted by Gasteiger charge is 2.08. The van der Waals surface area contributed by atoms with Gasteiger partial charge in [0.2, 0.25) is 5.82 Å². The number of carbonyl (C=O) groups is 1. The van der Waals surface area contributed by atoms with Crippen molar-refractivity contribution in [2.24, 2.45) is 0 Å². The summed E-state index contributed by atoms with van der Waals surface area (Å²) in [6, 6.07) is 15.2. The molecular formula is C15H13N5O. The van der Waals surface area contributed by atoms with Crippen LogP contribution in [-0.2, 0) is 0 Å².